The number of nitrogens with zero attached hydrogens (tertiary/aromatic N) is 2. The number of nitrogens with two attached hydrogens (primary N) is 1. The van der Waals surface area contributed by atoms with Crippen LogP contribution in [-0.2, 0) is 22.0 Å². The number of sulfonamides is 1. The third-order valence-corrected chi connectivity index (χ3v) is 5.38. The molecule has 0 radical (unpaired) electrons. The Labute approximate surface area is 172 Å². The number of benzene rings is 1. The fourth-order valence-electron chi connectivity index (χ4n) is 2.70. The van der Waals surface area contributed by atoms with E-state index in [1.165, 1.54) is 12.1 Å². The number of hydrogen-bond donors (Lipinski definition) is 3. The first-order valence-corrected chi connectivity index (χ1v) is 10.3. The van der Waals surface area contributed by atoms with Crippen LogP contribution in [0.2, 0.25) is 0 Å². The van der Waals surface area contributed by atoms with Crippen molar-refractivity contribution in [1.82, 2.24) is 14.5 Å². The molecule has 1 aromatic carbocycles. The number of aromatic nitrogens is 2. The standard InChI is InChI=1S/C18H27N5O3S.ClH/c1-5-16-15(12-20-23(16)18(2,3)4)17(24)22-13-7-6-8-14(11-13)27(25,26)21-10-9-19;/h6-8,11-12,21H,5,9-10,19H2,1-4H3,(H,22,24);1H. The Kier molecular flexibility index (Phi) is 8.18. The summed E-state index contributed by atoms with van der Waals surface area (Å²) in [6.45, 7) is 8.36. The van der Waals surface area contributed by atoms with Crippen LogP contribution in [0.25, 0.3) is 0 Å². The average Bonchev–Trinajstić information content (AvgIpc) is 3.05. The second-order valence-corrected chi connectivity index (χ2v) is 8.88. The van der Waals surface area contributed by atoms with Crippen LogP contribution in [0.5, 0.6) is 0 Å². The molecule has 1 amide bonds. The van der Waals surface area contributed by atoms with Crippen molar-refractivity contribution in [3.05, 3.63) is 41.7 Å². The van der Waals surface area contributed by atoms with Gasteiger partial charge in [-0.1, -0.05) is 13.0 Å². The summed E-state index contributed by atoms with van der Waals surface area (Å²) in [7, 11) is -3.67. The van der Waals surface area contributed by atoms with Crippen molar-refractivity contribution in [3.8, 4) is 0 Å². The van der Waals surface area contributed by atoms with Crippen molar-refractivity contribution in [1.29, 1.82) is 0 Å². The highest BCUT2D eigenvalue weighted by molar-refractivity contribution is 7.89. The SMILES string of the molecule is CCc1c(C(=O)Nc2cccc(S(=O)(=O)NCCN)c2)cnn1C(C)(C)C.Cl. The predicted molar refractivity (Wildman–Crippen MR) is 112 cm³/mol. The molecule has 1 aromatic heterocycles. The molecule has 0 unspecified atom stereocenters. The molecule has 0 spiro atoms. The molecule has 28 heavy (non-hydrogen) atoms. The molecule has 0 saturated heterocycles. The zero-order valence-corrected chi connectivity index (χ0v) is 18.2. The van der Waals surface area contributed by atoms with Crippen molar-refractivity contribution in [2.75, 3.05) is 18.4 Å². The Hall–Kier alpha value is -1.94. The first-order valence-electron chi connectivity index (χ1n) is 8.78. The van der Waals surface area contributed by atoms with Crippen LogP contribution >= 0.6 is 12.4 Å². The van der Waals surface area contributed by atoms with E-state index in [2.05, 4.69) is 15.1 Å². The van der Waals surface area contributed by atoms with Crippen LogP contribution in [-0.4, -0.2) is 37.2 Å². The Balaban J connectivity index is 0.00000392. The van der Waals surface area contributed by atoms with E-state index in [1.54, 1.807) is 18.3 Å². The summed E-state index contributed by atoms with van der Waals surface area (Å²) < 4.78 is 28.7. The molecule has 0 aliphatic carbocycles. The molecule has 1 heterocycles. The van der Waals surface area contributed by atoms with Gasteiger partial charge in [0, 0.05) is 18.8 Å². The first kappa shape index (κ1) is 24.1. The minimum atomic E-state index is -3.67. The van der Waals surface area contributed by atoms with Gasteiger partial charge in [0.05, 0.1) is 27.9 Å². The highest BCUT2D eigenvalue weighted by atomic mass is 35.5. The van der Waals surface area contributed by atoms with Crippen molar-refractivity contribution < 1.29 is 13.2 Å². The lowest BCUT2D eigenvalue weighted by molar-refractivity contribution is 0.102. The Morgan fingerprint density at radius 1 is 1.29 bits per heavy atom. The topological polar surface area (TPSA) is 119 Å². The second-order valence-electron chi connectivity index (χ2n) is 7.11. The smallest absolute Gasteiger partial charge is 0.259 e. The first-order chi connectivity index (χ1) is 12.6. The number of carbonyl (C=O) groups is 1. The zero-order chi connectivity index (χ0) is 20.2. The lowest BCUT2D eigenvalue weighted by atomic mass is 10.1. The predicted octanol–water partition coefficient (Wildman–Crippen LogP) is 2.11. The van der Waals surface area contributed by atoms with E-state index in [9.17, 15) is 13.2 Å². The van der Waals surface area contributed by atoms with Crippen molar-refractivity contribution in [3.63, 3.8) is 0 Å². The monoisotopic (exact) mass is 429 g/mol. The largest absolute Gasteiger partial charge is 0.329 e. The maximum absolute atomic E-state index is 12.7. The second kappa shape index (κ2) is 9.51. The van der Waals surface area contributed by atoms with Crippen LogP contribution in [0.1, 0.15) is 43.7 Å². The molecule has 0 aliphatic rings. The number of halogens is 1. The lowest BCUT2D eigenvalue weighted by Gasteiger charge is -2.22. The van der Waals surface area contributed by atoms with E-state index < -0.39 is 10.0 Å². The number of rotatable bonds is 7. The molecule has 0 aliphatic heterocycles. The Bertz CT molecular complexity index is 920. The summed E-state index contributed by atoms with van der Waals surface area (Å²) in [5.41, 5.74) is 6.79. The van der Waals surface area contributed by atoms with Crippen molar-refractivity contribution in [2.24, 2.45) is 5.73 Å². The van der Waals surface area contributed by atoms with Gasteiger partial charge in [0.25, 0.3) is 5.91 Å². The summed E-state index contributed by atoms with van der Waals surface area (Å²) in [6, 6.07) is 6.09. The van der Waals surface area contributed by atoms with Crippen LogP contribution < -0.4 is 15.8 Å². The van der Waals surface area contributed by atoms with Gasteiger partial charge < -0.3 is 11.1 Å². The van der Waals surface area contributed by atoms with Crippen molar-refractivity contribution >= 4 is 34.0 Å². The fourth-order valence-corrected chi connectivity index (χ4v) is 3.79. The molecule has 10 heteroatoms. The van der Waals surface area contributed by atoms with Gasteiger partial charge in [0.15, 0.2) is 0 Å². The van der Waals surface area contributed by atoms with E-state index in [1.807, 2.05) is 32.4 Å². The number of hydrogen-bond acceptors (Lipinski definition) is 5. The number of nitrogens with one attached hydrogen (secondary N) is 2. The number of anilines is 1. The van der Waals surface area contributed by atoms with Crippen LogP contribution in [0, 0.1) is 0 Å². The summed E-state index contributed by atoms with van der Waals surface area (Å²) >= 11 is 0. The molecular formula is C18H28ClN5O3S. The van der Waals surface area contributed by atoms with Crippen molar-refractivity contribution in [2.45, 2.75) is 44.6 Å². The molecule has 156 valence electrons. The molecule has 0 bridgehead atoms. The zero-order valence-electron chi connectivity index (χ0n) is 16.5. The minimum Gasteiger partial charge on any atom is -0.329 e. The third kappa shape index (κ3) is 5.54. The molecule has 0 atom stereocenters. The molecule has 2 aromatic rings. The third-order valence-electron chi connectivity index (χ3n) is 3.92. The number of amides is 1. The summed E-state index contributed by atoms with van der Waals surface area (Å²) in [5, 5.41) is 7.11. The molecule has 0 saturated carbocycles. The van der Waals surface area contributed by atoms with Gasteiger partial charge in [-0.05, 0) is 45.4 Å². The summed E-state index contributed by atoms with van der Waals surface area (Å²) in [5.74, 6) is -0.327. The molecule has 0 fully saturated rings. The molecule has 2 rings (SSSR count). The Morgan fingerprint density at radius 3 is 2.54 bits per heavy atom. The highest BCUT2D eigenvalue weighted by Gasteiger charge is 2.23. The van der Waals surface area contributed by atoms with E-state index in [0.29, 0.717) is 17.7 Å². The van der Waals surface area contributed by atoms with Gasteiger partial charge >= 0.3 is 0 Å². The van der Waals surface area contributed by atoms with Crippen LogP contribution in [0.15, 0.2) is 35.4 Å². The maximum Gasteiger partial charge on any atom is 0.259 e. The fraction of sp³-hybridized carbons (Fsp3) is 0.444. The minimum absolute atomic E-state index is 0. The average molecular weight is 430 g/mol. The highest BCUT2D eigenvalue weighted by Crippen LogP contribution is 2.21. The van der Waals surface area contributed by atoms with E-state index >= 15 is 0 Å². The van der Waals surface area contributed by atoms with Crippen LogP contribution in [0.4, 0.5) is 5.69 Å². The Morgan fingerprint density at radius 2 is 1.96 bits per heavy atom. The van der Waals surface area contributed by atoms with E-state index in [-0.39, 0.29) is 41.8 Å². The normalized spacial score (nSPS) is 11.8. The summed E-state index contributed by atoms with van der Waals surface area (Å²) in [4.78, 5) is 12.8. The van der Waals surface area contributed by atoms with Gasteiger partial charge in [-0.25, -0.2) is 13.1 Å². The van der Waals surface area contributed by atoms with Gasteiger partial charge in [-0.15, -0.1) is 12.4 Å². The maximum atomic E-state index is 12.7. The summed E-state index contributed by atoms with van der Waals surface area (Å²) in [6.07, 6.45) is 2.19. The van der Waals surface area contributed by atoms with Gasteiger partial charge in [0.2, 0.25) is 10.0 Å². The lowest BCUT2D eigenvalue weighted by Crippen LogP contribution is -2.29. The van der Waals surface area contributed by atoms with Crippen LogP contribution in [0.3, 0.4) is 0 Å². The quantitative estimate of drug-likeness (QED) is 0.622. The molecule has 4 N–H and O–H groups in total. The van der Waals surface area contributed by atoms with Gasteiger partial charge in [0.1, 0.15) is 0 Å². The van der Waals surface area contributed by atoms with E-state index in [0.717, 1.165) is 5.69 Å². The number of carbonyl (C=O) groups excluding carboxylic acids is 1. The van der Waals surface area contributed by atoms with E-state index in [4.69, 9.17) is 5.73 Å². The molecule has 8 nitrogen and oxygen atoms in total. The van der Waals surface area contributed by atoms with Gasteiger partial charge in [-0.2, -0.15) is 5.10 Å². The van der Waals surface area contributed by atoms with Gasteiger partial charge in [-0.3, -0.25) is 9.48 Å². The molecular weight excluding hydrogens is 402 g/mol.